The Morgan fingerprint density at radius 3 is 2.38 bits per heavy atom. The van der Waals surface area contributed by atoms with Gasteiger partial charge in [-0.05, 0) is 31.0 Å². The molecule has 16 heavy (non-hydrogen) atoms. The van der Waals surface area contributed by atoms with Crippen molar-refractivity contribution in [1.29, 1.82) is 10.5 Å². The summed E-state index contributed by atoms with van der Waals surface area (Å²) in [5.74, 6) is -0.114. The Morgan fingerprint density at radius 2 is 2.00 bits per heavy atom. The minimum absolute atomic E-state index is 0.0610. The molecule has 0 aromatic heterocycles. The van der Waals surface area contributed by atoms with Gasteiger partial charge < -0.3 is 0 Å². The van der Waals surface area contributed by atoms with E-state index < -0.39 is 5.41 Å². The molecule has 0 spiro atoms. The number of nitriles is 2. The lowest BCUT2D eigenvalue weighted by atomic mass is 9.93. The highest BCUT2D eigenvalue weighted by Crippen LogP contribution is 2.54. The van der Waals surface area contributed by atoms with Crippen molar-refractivity contribution in [3.05, 3.63) is 35.4 Å². The molecule has 0 bridgehead atoms. The number of hydrogen-bond acceptors (Lipinski definition) is 3. The van der Waals surface area contributed by atoms with Crippen LogP contribution in [0.25, 0.3) is 0 Å². The number of hydrogen-bond donors (Lipinski definition) is 0. The van der Waals surface area contributed by atoms with Crippen molar-refractivity contribution in [3.8, 4) is 12.1 Å². The summed E-state index contributed by atoms with van der Waals surface area (Å²) in [7, 11) is 0. The Bertz CT molecular complexity index is 518. The summed E-state index contributed by atoms with van der Waals surface area (Å²) in [6.07, 6.45) is 0.602. The quantitative estimate of drug-likeness (QED) is 0.749. The minimum Gasteiger partial charge on any atom is -0.300 e. The van der Waals surface area contributed by atoms with Crippen LogP contribution in [0.4, 0.5) is 0 Å². The van der Waals surface area contributed by atoms with Crippen LogP contribution in [-0.2, 0) is 10.2 Å². The third kappa shape index (κ3) is 1.38. The highest BCUT2D eigenvalue weighted by Gasteiger charge is 2.58. The maximum absolute atomic E-state index is 11.3. The van der Waals surface area contributed by atoms with Crippen molar-refractivity contribution in [2.45, 2.75) is 18.8 Å². The van der Waals surface area contributed by atoms with Crippen LogP contribution in [0.1, 0.15) is 24.5 Å². The lowest BCUT2D eigenvalue weighted by molar-refractivity contribution is -0.118. The first-order valence-corrected chi connectivity index (χ1v) is 5.06. The lowest BCUT2D eigenvalue weighted by Crippen LogP contribution is -2.11. The number of nitrogens with zero attached hydrogens (tertiary/aromatic N) is 2. The molecule has 0 N–H and O–H groups in total. The summed E-state index contributed by atoms with van der Waals surface area (Å²) in [6.45, 7) is 1.52. The smallest absolute Gasteiger partial charge is 0.134 e. The maximum Gasteiger partial charge on any atom is 0.134 e. The maximum atomic E-state index is 11.3. The highest BCUT2D eigenvalue weighted by molar-refractivity contribution is 5.85. The van der Waals surface area contributed by atoms with Crippen LogP contribution in [-0.4, -0.2) is 5.78 Å². The number of benzene rings is 1. The number of carbonyl (C=O) groups is 1. The largest absolute Gasteiger partial charge is 0.300 e. The molecule has 0 radical (unpaired) electrons. The Morgan fingerprint density at radius 1 is 1.38 bits per heavy atom. The molecule has 1 aromatic rings. The van der Waals surface area contributed by atoms with Gasteiger partial charge in [-0.15, -0.1) is 0 Å². The van der Waals surface area contributed by atoms with Gasteiger partial charge in [0.05, 0.1) is 23.1 Å². The minimum atomic E-state index is -0.639. The number of ketones is 1. The van der Waals surface area contributed by atoms with Crippen LogP contribution in [0.2, 0.25) is 0 Å². The first-order chi connectivity index (χ1) is 7.64. The van der Waals surface area contributed by atoms with Crippen molar-refractivity contribution >= 4 is 5.78 Å². The fourth-order valence-electron chi connectivity index (χ4n) is 2.10. The molecule has 1 fully saturated rings. The average Bonchev–Trinajstić information content (AvgIpc) is 3.05. The van der Waals surface area contributed by atoms with Gasteiger partial charge in [-0.3, -0.25) is 4.79 Å². The number of carbonyl (C=O) groups excluding carboxylic acids is 1. The third-order valence-corrected chi connectivity index (χ3v) is 3.18. The Labute approximate surface area is 93.9 Å². The molecule has 1 aromatic carbocycles. The average molecular weight is 210 g/mol. The molecule has 1 saturated carbocycles. The van der Waals surface area contributed by atoms with Gasteiger partial charge >= 0.3 is 0 Å². The van der Waals surface area contributed by atoms with Crippen LogP contribution in [0, 0.1) is 28.6 Å². The zero-order chi connectivity index (χ0) is 11.8. The van der Waals surface area contributed by atoms with Crippen molar-refractivity contribution < 1.29 is 4.79 Å². The molecule has 2 unspecified atom stereocenters. The number of Topliss-reactive ketones (excluding diaryl/α,β-unsaturated/α-hetero) is 1. The van der Waals surface area contributed by atoms with E-state index in [9.17, 15) is 10.1 Å². The molecule has 0 aliphatic heterocycles. The molecule has 78 valence electrons. The lowest BCUT2D eigenvalue weighted by Gasteiger charge is -2.07. The van der Waals surface area contributed by atoms with Crippen LogP contribution >= 0.6 is 0 Å². The molecule has 3 nitrogen and oxygen atoms in total. The van der Waals surface area contributed by atoms with Crippen LogP contribution in [0.5, 0.6) is 0 Å². The van der Waals surface area contributed by atoms with Crippen LogP contribution in [0.3, 0.4) is 0 Å². The van der Waals surface area contributed by atoms with Gasteiger partial charge in [0, 0.05) is 5.92 Å². The number of rotatable bonds is 2. The SMILES string of the molecule is CC(=O)C1CC1(C#N)c1ccc(C#N)cc1. The molecule has 0 saturated heterocycles. The van der Waals surface area contributed by atoms with E-state index >= 15 is 0 Å². The Hall–Kier alpha value is -2.13. The molecule has 1 aliphatic rings. The monoisotopic (exact) mass is 210 g/mol. The van der Waals surface area contributed by atoms with E-state index in [0.29, 0.717) is 12.0 Å². The fraction of sp³-hybridized carbons (Fsp3) is 0.308. The highest BCUT2D eigenvalue weighted by atomic mass is 16.1. The third-order valence-electron chi connectivity index (χ3n) is 3.18. The summed E-state index contributed by atoms with van der Waals surface area (Å²) in [5.41, 5.74) is 0.769. The van der Waals surface area contributed by atoms with Gasteiger partial charge in [-0.2, -0.15) is 10.5 Å². The first kappa shape index (κ1) is 10.4. The van der Waals surface area contributed by atoms with E-state index in [4.69, 9.17) is 5.26 Å². The zero-order valence-corrected chi connectivity index (χ0v) is 8.90. The molecule has 0 heterocycles. The summed E-state index contributed by atoms with van der Waals surface area (Å²) in [6, 6.07) is 11.2. The fourth-order valence-corrected chi connectivity index (χ4v) is 2.10. The van der Waals surface area contributed by atoms with E-state index in [-0.39, 0.29) is 11.7 Å². The molecular formula is C13H10N2O. The van der Waals surface area contributed by atoms with Crippen molar-refractivity contribution in [2.24, 2.45) is 5.92 Å². The Kier molecular flexibility index (Phi) is 2.25. The predicted octanol–water partition coefficient (Wildman–Crippen LogP) is 1.93. The van der Waals surface area contributed by atoms with Crippen molar-refractivity contribution in [1.82, 2.24) is 0 Å². The predicted molar refractivity (Wildman–Crippen MR) is 57.2 cm³/mol. The van der Waals surface area contributed by atoms with Crippen molar-refractivity contribution in [3.63, 3.8) is 0 Å². The second-order valence-electron chi connectivity index (χ2n) is 4.14. The van der Waals surface area contributed by atoms with Gasteiger partial charge in [-0.1, -0.05) is 12.1 Å². The van der Waals surface area contributed by atoms with E-state index in [1.54, 1.807) is 24.3 Å². The van der Waals surface area contributed by atoms with Crippen LogP contribution in [0.15, 0.2) is 24.3 Å². The van der Waals surface area contributed by atoms with Gasteiger partial charge in [0.2, 0.25) is 0 Å². The van der Waals surface area contributed by atoms with E-state index in [0.717, 1.165) is 5.56 Å². The van der Waals surface area contributed by atoms with E-state index in [1.165, 1.54) is 6.92 Å². The van der Waals surface area contributed by atoms with Crippen molar-refractivity contribution in [2.75, 3.05) is 0 Å². The summed E-state index contributed by atoms with van der Waals surface area (Å²) in [5, 5.41) is 17.9. The van der Waals surface area contributed by atoms with E-state index in [2.05, 4.69) is 6.07 Å². The van der Waals surface area contributed by atoms with E-state index in [1.807, 2.05) is 6.07 Å². The second kappa shape index (κ2) is 3.47. The molecular weight excluding hydrogens is 200 g/mol. The van der Waals surface area contributed by atoms with Crippen LogP contribution < -0.4 is 0 Å². The summed E-state index contributed by atoms with van der Waals surface area (Å²) >= 11 is 0. The Balaban J connectivity index is 2.35. The molecule has 2 atom stereocenters. The summed E-state index contributed by atoms with van der Waals surface area (Å²) < 4.78 is 0. The topological polar surface area (TPSA) is 64.7 Å². The van der Waals surface area contributed by atoms with Gasteiger partial charge in [0.15, 0.2) is 0 Å². The first-order valence-electron chi connectivity index (χ1n) is 5.06. The molecule has 0 amide bonds. The molecule has 1 aliphatic carbocycles. The molecule has 3 heteroatoms. The normalized spacial score (nSPS) is 26.6. The van der Waals surface area contributed by atoms with Gasteiger partial charge in [-0.25, -0.2) is 0 Å². The summed E-state index contributed by atoms with van der Waals surface area (Å²) in [4.78, 5) is 11.3. The zero-order valence-electron chi connectivity index (χ0n) is 8.90. The second-order valence-corrected chi connectivity index (χ2v) is 4.14. The molecule has 2 rings (SSSR count). The standard InChI is InChI=1S/C13H10N2O/c1-9(16)12-6-13(12,8-15)11-4-2-10(7-14)3-5-11/h2-5,12H,6H2,1H3. The van der Waals surface area contributed by atoms with Gasteiger partial charge in [0.1, 0.15) is 5.78 Å². The van der Waals surface area contributed by atoms with Gasteiger partial charge in [0.25, 0.3) is 0 Å².